The smallest absolute Gasteiger partial charge is 0.242 e. The molecule has 1 saturated carbocycles. The molecule has 1 fully saturated rings. The molecule has 1 aliphatic carbocycles. The van der Waals surface area contributed by atoms with Crippen molar-refractivity contribution in [3.8, 4) is 0 Å². The van der Waals surface area contributed by atoms with Gasteiger partial charge in [0.2, 0.25) is 10.0 Å². The van der Waals surface area contributed by atoms with E-state index in [1.54, 1.807) is 6.07 Å². The van der Waals surface area contributed by atoms with Gasteiger partial charge in [0.1, 0.15) is 4.90 Å². The Morgan fingerprint density at radius 1 is 1.53 bits per heavy atom. The van der Waals surface area contributed by atoms with Crippen molar-refractivity contribution in [2.75, 3.05) is 19.8 Å². The molecule has 2 rings (SSSR count). The van der Waals surface area contributed by atoms with Crippen LogP contribution in [0.2, 0.25) is 0 Å². The monoisotopic (exact) mass is 368 g/mol. The minimum absolute atomic E-state index is 0.250. The number of rotatable bonds is 8. The van der Waals surface area contributed by atoms with E-state index in [-0.39, 0.29) is 11.4 Å². The Morgan fingerprint density at radius 3 is 2.84 bits per heavy atom. The minimum atomic E-state index is -3.49. The molecule has 1 heterocycles. The zero-order chi connectivity index (χ0) is 13.9. The molecule has 1 aromatic heterocycles. The molecule has 0 bridgehead atoms. The van der Waals surface area contributed by atoms with Crippen LogP contribution >= 0.6 is 27.3 Å². The second-order valence-corrected chi connectivity index (χ2v) is 8.66. The molecule has 0 atom stereocenters. The first-order valence-electron chi connectivity index (χ1n) is 6.08. The summed E-state index contributed by atoms with van der Waals surface area (Å²) in [6.07, 6.45) is 2.46. The Kier molecular flexibility index (Phi) is 5.38. The van der Waals surface area contributed by atoms with Crippen LogP contribution in [0.25, 0.3) is 0 Å². The van der Waals surface area contributed by atoms with Crippen molar-refractivity contribution in [1.82, 2.24) is 4.72 Å². The Hall–Kier alpha value is 0.01000. The summed E-state index contributed by atoms with van der Waals surface area (Å²) in [5.41, 5.74) is 5.50. The first kappa shape index (κ1) is 15.4. The first-order chi connectivity index (χ1) is 9.03. The second-order valence-electron chi connectivity index (χ2n) is 4.47. The second kappa shape index (κ2) is 6.64. The zero-order valence-electron chi connectivity index (χ0n) is 10.4. The molecule has 5 nitrogen and oxygen atoms in total. The summed E-state index contributed by atoms with van der Waals surface area (Å²) in [4.78, 5) is 1.08. The minimum Gasteiger partial charge on any atom is -0.380 e. The standard InChI is InChI=1S/C11H17BrN2O3S2/c12-11-10(5-9(6-13)18-11)19(15,16)14-3-4-17-7-8-1-2-8/h5,8,14H,1-4,6-7,13H2. The van der Waals surface area contributed by atoms with E-state index in [0.717, 1.165) is 11.5 Å². The van der Waals surface area contributed by atoms with Crippen molar-refractivity contribution in [2.45, 2.75) is 24.3 Å². The third kappa shape index (κ3) is 4.51. The first-order valence-corrected chi connectivity index (χ1v) is 9.18. The molecular weight excluding hydrogens is 352 g/mol. The summed E-state index contributed by atoms with van der Waals surface area (Å²) >= 11 is 4.59. The molecule has 19 heavy (non-hydrogen) atoms. The highest BCUT2D eigenvalue weighted by Gasteiger charge is 2.22. The van der Waals surface area contributed by atoms with Crippen LogP contribution in [0.15, 0.2) is 14.7 Å². The number of sulfonamides is 1. The Bertz CT molecular complexity index is 526. The van der Waals surface area contributed by atoms with E-state index in [9.17, 15) is 8.42 Å². The number of ether oxygens (including phenoxy) is 1. The maximum atomic E-state index is 12.1. The average Bonchev–Trinajstić information content (AvgIpc) is 3.10. The van der Waals surface area contributed by atoms with Crippen LogP contribution in [0.3, 0.4) is 0 Å². The molecule has 3 N–H and O–H groups in total. The van der Waals surface area contributed by atoms with Gasteiger partial charge in [0.25, 0.3) is 0 Å². The molecule has 108 valence electrons. The van der Waals surface area contributed by atoms with Gasteiger partial charge < -0.3 is 10.5 Å². The molecule has 8 heteroatoms. The molecule has 0 spiro atoms. The van der Waals surface area contributed by atoms with E-state index in [1.165, 1.54) is 24.2 Å². The molecule has 0 amide bonds. The molecule has 1 aromatic rings. The maximum absolute atomic E-state index is 12.1. The van der Waals surface area contributed by atoms with Crippen LogP contribution in [0.5, 0.6) is 0 Å². The van der Waals surface area contributed by atoms with Gasteiger partial charge in [-0.2, -0.15) is 0 Å². The fraction of sp³-hybridized carbons (Fsp3) is 0.636. The maximum Gasteiger partial charge on any atom is 0.242 e. The molecule has 0 saturated heterocycles. The van der Waals surface area contributed by atoms with E-state index in [0.29, 0.717) is 22.9 Å². The SMILES string of the molecule is NCc1cc(S(=O)(=O)NCCOCC2CC2)c(Br)s1. The summed E-state index contributed by atoms with van der Waals surface area (Å²) in [6, 6.07) is 1.60. The van der Waals surface area contributed by atoms with Crippen molar-refractivity contribution >= 4 is 37.3 Å². The summed E-state index contributed by atoms with van der Waals surface area (Å²) in [5.74, 6) is 0.690. The fourth-order valence-corrected chi connectivity index (χ4v) is 5.11. The van der Waals surface area contributed by atoms with Crippen LogP contribution in [0, 0.1) is 5.92 Å². The quantitative estimate of drug-likeness (QED) is 0.683. The van der Waals surface area contributed by atoms with Crippen molar-refractivity contribution in [1.29, 1.82) is 0 Å². The van der Waals surface area contributed by atoms with E-state index in [1.807, 2.05) is 0 Å². The molecule has 0 unspecified atom stereocenters. The van der Waals surface area contributed by atoms with E-state index >= 15 is 0 Å². The molecule has 0 radical (unpaired) electrons. The van der Waals surface area contributed by atoms with Gasteiger partial charge in [0, 0.05) is 24.6 Å². The van der Waals surface area contributed by atoms with Crippen LogP contribution in [-0.4, -0.2) is 28.2 Å². The Morgan fingerprint density at radius 2 is 2.26 bits per heavy atom. The van der Waals surface area contributed by atoms with E-state index in [2.05, 4.69) is 20.7 Å². The van der Waals surface area contributed by atoms with Crippen LogP contribution in [-0.2, 0) is 21.3 Å². The van der Waals surface area contributed by atoms with Crippen molar-refractivity contribution in [2.24, 2.45) is 11.7 Å². The van der Waals surface area contributed by atoms with Gasteiger partial charge in [0.15, 0.2) is 0 Å². The van der Waals surface area contributed by atoms with Gasteiger partial charge in [-0.15, -0.1) is 11.3 Å². The third-order valence-electron chi connectivity index (χ3n) is 2.79. The highest BCUT2D eigenvalue weighted by atomic mass is 79.9. The van der Waals surface area contributed by atoms with Gasteiger partial charge in [-0.1, -0.05) is 0 Å². The van der Waals surface area contributed by atoms with Gasteiger partial charge in [-0.05, 0) is 40.8 Å². The number of thiophene rings is 1. The lowest BCUT2D eigenvalue weighted by Gasteiger charge is -2.06. The zero-order valence-corrected chi connectivity index (χ0v) is 13.6. The predicted octanol–water partition coefficient (Wildman–Crippen LogP) is 1.67. The lowest BCUT2D eigenvalue weighted by Crippen LogP contribution is -2.27. The van der Waals surface area contributed by atoms with Gasteiger partial charge in [0.05, 0.1) is 10.4 Å². The van der Waals surface area contributed by atoms with Gasteiger partial charge in [-0.25, -0.2) is 13.1 Å². The average molecular weight is 369 g/mol. The predicted molar refractivity (Wildman–Crippen MR) is 78.6 cm³/mol. The Balaban J connectivity index is 1.83. The molecular formula is C11H17BrN2O3S2. The van der Waals surface area contributed by atoms with Crippen LogP contribution < -0.4 is 10.5 Å². The van der Waals surface area contributed by atoms with Crippen molar-refractivity contribution in [3.63, 3.8) is 0 Å². The van der Waals surface area contributed by atoms with E-state index < -0.39 is 10.0 Å². The molecule has 0 aliphatic heterocycles. The lowest BCUT2D eigenvalue weighted by atomic mass is 10.5. The highest BCUT2D eigenvalue weighted by molar-refractivity contribution is 9.11. The number of hydrogen-bond donors (Lipinski definition) is 2. The number of nitrogens with one attached hydrogen (secondary N) is 1. The summed E-state index contributed by atoms with van der Waals surface area (Å²) in [5, 5.41) is 0. The third-order valence-corrected chi connectivity index (χ3v) is 6.52. The van der Waals surface area contributed by atoms with Gasteiger partial charge in [-0.3, -0.25) is 0 Å². The fourth-order valence-electron chi connectivity index (χ4n) is 1.54. The summed E-state index contributed by atoms with van der Waals surface area (Å²) in [6.45, 7) is 1.76. The van der Waals surface area contributed by atoms with Crippen LogP contribution in [0.4, 0.5) is 0 Å². The van der Waals surface area contributed by atoms with Crippen molar-refractivity contribution in [3.05, 3.63) is 14.7 Å². The molecule has 0 aromatic carbocycles. The van der Waals surface area contributed by atoms with Crippen LogP contribution in [0.1, 0.15) is 17.7 Å². The van der Waals surface area contributed by atoms with Crippen molar-refractivity contribution < 1.29 is 13.2 Å². The molecule has 1 aliphatic rings. The highest BCUT2D eigenvalue weighted by Crippen LogP contribution is 2.31. The largest absolute Gasteiger partial charge is 0.380 e. The van der Waals surface area contributed by atoms with E-state index in [4.69, 9.17) is 10.5 Å². The summed E-state index contributed by atoms with van der Waals surface area (Å²) < 4.78 is 32.6. The summed E-state index contributed by atoms with van der Waals surface area (Å²) in [7, 11) is -3.49. The topological polar surface area (TPSA) is 81.4 Å². The number of halogens is 1. The normalized spacial score (nSPS) is 15.9. The number of nitrogens with two attached hydrogens (primary N) is 1. The lowest BCUT2D eigenvalue weighted by molar-refractivity contribution is 0.129. The van der Waals surface area contributed by atoms with Gasteiger partial charge >= 0.3 is 0 Å². The Labute approximate surface area is 125 Å². The number of hydrogen-bond acceptors (Lipinski definition) is 5.